The van der Waals surface area contributed by atoms with Crippen LogP contribution in [0, 0.1) is 0 Å². The van der Waals surface area contributed by atoms with E-state index in [4.69, 9.17) is 9.47 Å². The number of aryl methyl sites for hydroxylation is 1. The minimum absolute atomic E-state index is 0.0851. The molecule has 0 fully saturated rings. The Bertz CT molecular complexity index is 1930. The van der Waals surface area contributed by atoms with Gasteiger partial charge in [0.25, 0.3) is 17.4 Å². The molecule has 4 aromatic carbocycles. The van der Waals surface area contributed by atoms with Gasteiger partial charge in [0, 0.05) is 13.1 Å². The summed E-state index contributed by atoms with van der Waals surface area (Å²) >= 11 is 0. The van der Waals surface area contributed by atoms with E-state index in [1.165, 1.54) is 9.47 Å². The van der Waals surface area contributed by atoms with E-state index in [9.17, 15) is 19.2 Å². The first kappa shape index (κ1) is 28.7. The van der Waals surface area contributed by atoms with Crippen molar-refractivity contribution in [3.63, 3.8) is 0 Å². The number of carbonyl (C=O) groups is 2. The number of rotatable bonds is 11. The molecular formula is C35H31N3O6. The highest BCUT2D eigenvalue weighted by Gasteiger charge is 2.34. The molecule has 0 atom stereocenters. The van der Waals surface area contributed by atoms with Crippen molar-refractivity contribution in [3.05, 3.63) is 140 Å². The smallest absolute Gasteiger partial charge is 0.331 e. The van der Waals surface area contributed by atoms with E-state index in [2.05, 4.69) is 0 Å². The molecule has 0 aliphatic carbocycles. The zero-order valence-corrected chi connectivity index (χ0v) is 24.3. The number of ether oxygens (including phenoxy) is 2. The topological polar surface area (TPSA) is 99.8 Å². The Hall–Kier alpha value is -5.44. The molecular weight excluding hydrogens is 558 g/mol. The van der Waals surface area contributed by atoms with E-state index in [0.717, 1.165) is 11.1 Å². The van der Waals surface area contributed by atoms with Gasteiger partial charge in [0.15, 0.2) is 0 Å². The minimum Gasteiger partial charge on any atom is -0.497 e. The van der Waals surface area contributed by atoms with Crippen molar-refractivity contribution in [2.75, 3.05) is 13.7 Å². The normalized spacial score (nSPS) is 12.5. The molecule has 0 bridgehead atoms. The lowest BCUT2D eigenvalue weighted by Gasteiger charge is -2.18. The lowest BCUT2D eigenvalue weighted by atomic mass is 10.1. The quantitative estimate of drug-likeness (QED) is 0.161. The first-order valence-corrected chi connectivity index (χ1v) is 14.5. The molecule has 222 valence electrons. The van der Waals surface area contributed by atoms with E-state index in [0.29, 0.717) is 46.4 Å². The number of para-hydroxylation sites is 1. The molecule has 2 heterocycles. The summed E-state index contributed by atoms with van der Waals surface area (Å²) in [6.45, 7) is 0.833. The molecule has 2 amide bonds. The van der Waals surface area contributed by atoms with Crippen LogP contribution in [0.4, 0.5) is 0 Å². The summed E-state index contributed by atoms with van der Waals surface area (Å²) in [6.07, 6.45) is 0.959. The fourth-order valence-corrected chi connectivity index (χ4v) is 5.54. The Morgan fingerprint density at radius 1 is 0.636 bits per heavy atom. The van der Waals surface area contributed by atoms with Crippen molar-refractivity contribution < 1.29 is 19.1 Å². The van der Waals surface area contributed by atoms with E-state index in [-0.39, 0.29) is 38.1 Å². The van der Waals surface area contributed by atoms with Crippen molar-refractivity contribution in [2.24, 2.45) is 0 Å². The first-order chi connectivity index (χ1) is 21.5. The minimum atomic E-state index is -0.463. The predicted octanol–water partition coefficient (Wildman–Crippen LogP) is 4.88. The monoisotopic (exact) mass is 589 g/mol. The van der Waals surface area contributed by atoms with Gasteiger partial charge in [0.2, 0.25) is 0 Å². The maximum atomic E-state index is 14.0. The lowest BCUT2D eigenvalue weighted by Crippen LogP contribution is -2.40. The van der Waals surface area contributed by atoms with Gasteiger partial charge >= 0.3 is 5.69 Å². The number of nitrogens with zero attached hydrogens (tertiary/aromatic N) is 3. The Morgan fingerprint density at radius 2 is 1.30 bits per heavy atom. The number of fused-ring (bicyclic) bond motifs is 2. The van der Waals surface area contributed by atoms with Crippen LogP contribution >= 0.6 is 0 Å². The number of hydrogen-bond donors (Lipinski definition) is 0. The number of methoxy groups -OCH3 is 1. The Labute approximate surface area is 253 Å². The molecule has 9 nitrogen and oxygen atoms in total. The molecule has 0 spiro atoms. The average Bonchev–Trinajstić information content (AvgIpc) is 3.30. The summed E-state index contributed by atoms with van der Waals surface area (Å²) in [5.74, 6) is 0.489. The third-order valence-electron chi connectivity index (χ3n) is 7.83. The summed E-state index contributed by atoms with van der Waals surface area (Å²) in [7, 11) is 1.58. The number of imide groups is 1. The number of carbonyl (C=O) groups excluding carboxylic acids is 2. The molecule has 0 unspecified atom stereocenters. The van der Waals surface area contributed by atoms with Crippen LogP contribution in [0.25, 0.3) is 10.9 Å². The summed E-state index contributed by atoms with van der Waals surface area (Å²) in [6, 6.07) is 28.9. The van der Waals surface area contributed by atoms with E-state index in [1.807, 2.05) is 42.5 Å². The van der Waals surface area contributed by atoms with Crippen LogP contribution in [0.2, 0.25) is 0 Å². The van der Waals surface area contributed by atoms with Gasteiger partial charge in [0.1, 0.15) is 23.6 Å². The molecule has 1 aromatic heterocycles. The fraction of sp³-hybridized carbons (Fsp3) is 0.200. The van der Waals surface area contributed by atoms with Crippen molar-refractivity contribution in [1.82, 2.24) is 14.0 Å². The van der Waals surface area contributed by atoms with Gasteiger partial charge in [0.05, 0.1) is 30.2 Å². The molecule has 1 aliphatic rings. The number of aromatic nitrogens is 2. The van der Waals surface area contributed by atoms with Gasteiger partial charge in [-0.25, -0.2) is 4.79 Å². The molecule has 44 heavy (non-hydrogen) atoms. The van der Waals surface area contributed by atoms with Crippen LogP contribution in [-0.4, -0.2) is 39.5 Å². The molecule has 0 saturated carbocycles. The fourth-order valence-electron chi connectivity index (χ4n) is 5.54. The van der Waals surface area contributed by atoms with Crippen LogP contribution in [0.1, 0.15) is 44.7 Å². The number of amides is 2. The Kier molecular flexibility index (Phi) is 8.10. The number of hydrogen-bond acceptors (Lipinski definition) is 6. The van der Waals surface area contributed by atoms with Crippen LogP contribution in [0.5, 0.6) is 11.5 Å². The zero-order valence-electron chi connectivity index (χ0n) is 24.3. The van der Waals surface area contributed by atoms with Crippen molar-refractivity contribution in [1.29, 1.82) is 0 Å². The van der Waals surface area contributed by atoms with Crippen LogP contribution in [0.15, 0.2) is 107 Å². The highest BCUT2D eigenvalue weighted by atomic mass is 16.5. The molecule has 0 radical (unpaired) electrons. The summed E-state index contributed by atoms with van der Waals surface area (Å²) < 4.78 is 14.2. The number of unbranched alkanes of at least 4 members (excludes halogenated alkanes) is 1. The van der Waals surface area contributed by atoms with Crippen molar-refractivity contribution >= 4 is 22.7 Å². The maximum absolute atomic E-state index is 14.0. The molecule has 1 aliphatic heterocycles. The molecule has 9 heteroatoms. The molecule has 0 saturated heterocycles. The van der Waals surface area contributed by atoms with Gasteiger partial charge in [-0.3, -0.25) is 28.4 Å². The van der Waals surface area contributed by atoms with Crippen molar-refractivity contribution in [3.8, 4) is 11.5 Å². The summed E-state index contributed by atoms with van der Waals surface area (Å²) in [4.78, 5) is 54.6. The highest BCUT2D eigenvalue weighted by molar-refractivity contribution is 6.21. The van der Waals surface area contributed by atoms with Crippen LogP contribution in [0.3, 0.4) is 0 Å². The Morgan fingerprint density at radius 3 is 1.98 bits per heavy atom. The van der Waals surface area contributed by atoms with Gasteiger partial charge < -0.3 is 9.47 Å². The number of benzene rings is 4. The maximum Gasteiger partial charge on any atom is 0.331 e. The standard InChI is InChI=1S/C35H31N3O6/c1-43-26-18-16-24(17-19-26)22-38-34(41)29-14-9-15-30(44-23-25-10-3-2-4-11-25)31(29)36(35(38)42)20-7-8-21-37-32(39)27-12-5-6-13-28(27)33(37)40/h2-6,9-19H,7-8,20-23H2,1H3. The van der Waals surface area contributed by atoms with Crippen LogP contribution < -0.4 is 20.7 Å². The Balaban J connectivity index is 1.31. The zero-order chi connectivity index (χ0) is 30.6. The average molecular weight is 590 g/mol. The van der Waals surface area contributed by atoms with Gasteiger partial charge in [-0.05, 0) is 60.4 Å². The molecule has 0 N–H and O–H groups in total. The van der Waals surface area contributed by atoms with Gasteiger partial charge in [-0.15, -0.1) is 0 Å². The summed E-state index contributed by atoms with van der Waals surface area (Å²) in [5, 5.41) is 0.365. The first-order valence-electron chi connectivity index (χ1n) is 14.5. The van der Waals surface area contributed by atoms with E-state index < -0.39 is 11.2 Å². The molecule has 6 rings (SSSR count). The molecule has 5 aromatic rings. The van der Waals surface area contributed by atoms with Crippen molar-refractivity contribution in [2.45, 2.75) is 32.5 Å². The van der Waals surface area contributed by atoms with Gasteiger partial charge in [-0.1, -0.05) is 60.7 Å². The third kappa shape index (κ3) is 5.51. The lowest BCUT2D eigenvalue weighted by molar-refractivity contribution is 0.0651. The van der Waals surface area contributed by atoms with E-state index in [1.54, 1.807) is 66.3 Å². The third-order valence-corrected chi connectivity index (χ3v) is 7.83. The predicted molar refractivity (Wildman–Crippen MR) is 166 cm³/mol. The second kappa shape index (κ2) is 12.4. The highest BCUT2D eigenvalue weighted by Crippen LogP contribution is 2.25. The SMILES string of the molecule is COc1ccc(Cn2c(=O)c3cccc(OCc4ccccc4)c3n(CCCCN3C(=O)c4ccccc4C3=O)c2=O)cc1. The van der Waals surface area contributed by atoms with Crippen LogP contribution in [-0.2, 0) is 19.7 Å². The summed E-state index contributed by atoms with van der Waals surface area (Å²) in [5.41, 5.74) is 2.09. The second-order valence-electron chi connectivity index (χ2n) is 10.6. The van der Waals surface area contributed by atoms with E-state index >= 15 is 0 Å². The second-order valence-corrected chi connectivity index (χ2v) is 10.6. The largest absolute Gasteiger partial charge is 0.497 e. The van der Waals surface area contributed by atoms with Gasteiger partial charge in [-0.2, -0.15) is 0 Å².